The van der Waals surface area contributed by atoms with Crippen molar-refractivity contribution in [3.63, 3.8) is 0 Å². The first-order valence-electron chi connectivity index (χ1n) is 11.9. The molecule has 2 heteroatoms. The molecule has 0 aromatic heterocycles. The molecule has 27 heavy (non-hydrogen) atoms. The molecule has 0 radical (unpaired) electrons. The lowest BCUT2D eigenvalue weighted by Gasteiger charge is -2.46. The summed E-state index contributed by atoms with van der Waals surface area (Å²) in [5, 5.41) is 0. The van der Waals surface area contributed by atoms with Crippen LogP contribution in [0.2, 0.25) is 0 Å². The van der Waals surface area contributed by atoms with Crippen molar-refractivity contribution < 1.29 is 9.47 Å². The van der Waals surface area contributed by atoms with Gasteiger partial charge in [-0.2, -0.15) is 0 Å². The van der Waals surface area contributed by atoms with Crippen molar-refractivity contribution in [1.82, 2.24) is 0 Å². The van der Waals surface area contributed by atoms with Crippen molar-refractivity contribution in [2.24, 2.45) is 35.0 Å². The molecule has 2 rings (SSSR count). The number of ether oxygens (including phenoxy) is 2. The maximum absolute atomic E-state index is 6.08. The van der Waals surface area contributed by atoms with Gasteiger partial charge in [0.15, 0.2) is 5.79 Å². The zero-order valence-corrected chi connectivity index (χ0v) is 19.5. The fourth-order valence-electron chi connectivity index (χ4n) is 4.89. The summed E-state index contributed by atoms with van der Waals surface area (Å²) < 4.78 is 12.2. The largest absolute Gasteiger partial charge is 0.350 e. The zero-order valence-electron chi connectivity index (χ0n) is 19.5. The Bertz CT molecular complexity index is 418. The van der Waals surface area contributed by atoms with E-state index in [4.69, 9.17) is 9.47 Å². The molecule has 2 aliphatic rings. The van der Waals surface area contributed by atoms with E-state index in [1.54, 1.807) is 0 Å². The van der Waals surface area contributed by atoms with Crippen LogP contribution in [0.5, 0.6) is 0 Å². The van der Waals surface area contributed by atoms with E-state index < -0.39 is 0 Å². The maximum atomic E-state index is 6.08. The van der Waals surface area contributed by atoms with Gasteiger partial charge in [-0.25, -0.2) is 0 Å². The molecule has 0 bridgehead atoms. The Kier molecular flexibility index (Phi) is 8.68. The molecule has 1 saturated heterocycles. The van der Waals surface area contributed by atoms with Gasteiger partial charge in [-0.05, 0) is 49.4 Å². The molecular formula is C25H48O2. The molecule has 0 spiro atoms. The van der Waals surface area contributed by atoms with Crippen LogP contribution in [-0.4, -0.2) is 19.0 Å². The maximum Gasteiger partial charge on any atom is 0.165 e. The quantitative estimate of drug-likeness (QED) is 0.370. The van der Waals surface area contributed by atoms with Gasteiger partial charge in [-0.1, -0.05) is 80.1 Å². The van der Waals surface area contributed by atoms with Crippen molar-refractivity contribution in [2.45, 2.75) is 112 Å². The summed E-state index contributed by atoms with van der Waals surface area (Å²) in [5.74, 6) is 4.19. The Labute approximate surface area is 170 Å². The Morgan fingerprint density at radius 3 is 2.04 bits per heavy atom. The molecule has 0 aromatic carbocycles. The fourth-order valence-corrected chi connectivity index (χ4v) is 4.89. The van der Waals surface area contributed by atoms with Gasteiger partial charge >= 0.3 is 0 Å². The molecule has 2 nitrogen and oxygen atoms in total. The fraction of sp³-hybridized carbons (Fsp3) is 1.00. The van der Waals surface area contributed by atoms with Gasteiger partial charge in [0.1, 0.15) is 0 Å². The first-order valence-corrected chi connectivity index (χ1v) is 11.9. The zero-order chi connectivity index (χ0) is 20.1. The van der Waals surface area contributed by atoms with Gasteiger partial charge in [0.05, 0.1) is 13.2 Å². The summed E-state index contributed by atoms with van der Waals surface area (Å²) in [6.07, 6.45) is 12.3. The van der Waals surface area contributed by atoms with E-state index in [1.165, 1.54) is 51.4 Å². The Morgan fingerprint density at radius 1 is 0.852 bits per heavy atom. The molecule has 160 valence electrons. The molecule has 1 aliphatic heterocycles. The van der Waals surface area contributed by atoms with Crippen molar-refractivity contribution >= 4 is 0 Å². The summed E-state index contributed by atoms with van der Waals surface area (Å²) in [6, 6.07) is 0. The van der Waals surface area contributed by atoms with Crippen molar-refractivity contribution in [3.05, 3.63) is 0 Å². The Morgan fingerprint density at radius 2 is 1.44 bits per heavy atom. The third-order valence-electron chi connectivity index (χ3n) is 7.35. The summed E-state index contributed by atoms with van der Waals surface area (Å²) >= 11 is 0. The Hall–Kier alpha value is -0.0800. The van der Waals surface area contributed by atoms with E-state index in [9.17, 15) is 0 Å². The highest BCUT2D eigenvalue weighted by Gasteiger charge is 2.41. The Balaban J connectivity index is 1.55. The standard InChI is InChI=1S/C25H48O2/c1-19(2)10-8-11-20(3)12-9-13-22-16-23(21(22)4)14-15-25(7)26-17-24(5,6)18-27-25/h19-23H,8-18H2,1-7H3/t20?,21-,22?,23?/m1/s1. The second-order valence-corrected chi connectivity index (χ2v) is 11.4. The lowest BCUT2D eigenvalue weighted by atomic mass is 9.62. The van der Waals surface area contributed by atoms with Gasteiger partial charge in [0.25, 0.3) is 0 Å². The highest BCUT2D eigenvalue weighted by Crippen LogP contribution is 2.47. The van der Waals surface area contributed by atoms with Crippen LogP contribution in [0.15, 0.2) is 0 Å². The first-order chi connectivity index (χ1) is 12.6. The lowest BCUT2D eigenvalue weighted by Crippen LogP contribution is -2.46. The monoisotopic (exact) mass is 380 g/mol. The molecule has 1 saturated carbocycles. The topological polar surface area (TPSA) is 18.5 Å². The molecule has 0 N–H and O–H groups in total. The second-order valence-electron chi connectivity index (χ2n) is 11.4. The minimum absolute atomic E-state index is 0.167. The molecule has 1 aliphatic carbocycles. The van der Waals surface area contributed by atoms with Crippen LogP contribution < -0.4 is 0 Å². The minimum Gasteiger partial charge on any atom is -0.350 e. The lowest BCUT2D eigenvalue weighted by molar-refractivity contribution is -0.293. The number of rotatable bonds is 11. The van der Waals surface area contributed by atoms with Crippen molar-refractivity contribution in [1.29, 1.82) is 0 Å². The molecule has 0 aromatic rings. The summed E-state index contributed by atoms with van der Waals surface area (Å²) in [7, 11) is 0. The minimum atomic E-state index is -0.342. The normalized spacial score (nSPS) is 30.9. The van der Waals surface area contributed by atoms with E-state index in [-0.39, 0.29) is 11.2 Å². The highest BCUT2D eigenvalue weighted by atomic mass is 16.7. The van der Waals surface area contributed by atoms with E-state index in [1.807, 2.05) is 0 Å². The molecular weight excluding hydrogens is 332 g/mol. The van der Waals surface area contributed by atoms with Crippen LogP contribution in [0.1, 0.15) is 106 Å². The van der Waals surface area contributed by atoms with Crippen molar-refractivity contribution in [2.75, 3.05) is 13.2 Å². The van der Waals surface area contributed by atoms with E-state index in [2.05, 4.69) is 48.5 Å². The van der Waals surface area contributed by atoms with Gasteiger partial charge < -0.3 is 9.47 Å². The van der Waals surface area contributed by atoms with Gasteiger partial charge in [0.2, 0.25) is 0 Å². The van der Waals surface area contributed by atoms with E-state index in [0.29, 0.717) is 0 Å². The van der Waals surface area contributed by atoms with Crippen LogP contribution in [0.3, 0.4) is 0 Å². The van der Waals surface area contributed by atoms with Crippen LogP contribution in [0, 0.1) is 35.0 Å². The SMILES string of the molecule is CC(C)CCCC(C)CCCC1CC(CCC2(C)OCC(C)(C)CO2)[C@@H]1C. The van der Waals surface area contributed by atoms with Crippen molar-refractivity contribution in [3.8, 4) is 0 Å². The van der Waals surface area contributed by atoms with Crippen LogP contribution in [-0.2, 0) is 9.47 Å². The molecule has 1 heterocycles. The molecule has 3 unspecified atom stereocenters. The smallest absolute Gasteiger partial charge is 0.165 e. The first kappa shape index (κ1) is 23.2. The molecule has 2 fully saturated rings. The number of hydrogen-bond donors (Lipinski definition) is 0. The third kappa shape index (κ3) is 7.69. The van der Waals surface area contributed by atoms with E-state index in [0.717, 1.165) is 49.2 Å². The van der Waals surface area contributed by atoms with Crippen LogP contribution in [0.25, 0.3) is 0 Å². The predicted octanol–water partition coefficient (Wildman–Crippen LogP) is 7.46. The second kappa shape index (κ2) is 10.1. The number of hydrogen-bond acceptors (Lipinski definition) is 2. The van der Waals surface area contributed by atoms with Crippen LogP contribution in [0.4, 0.5) is 0 Å². The summed E-state index contributed by atoms with van der Waals surface area (Å²) in [4.78, 5) is 0. The average Bonchev–Trinajstić information content (AvgIpc) is 2.59. The van der Waals surface area contributed by atoms with Gasteiger partial charge in [-0.3, -0.25) is 0 Å². The molecule has 0 amide bonds. The van der Waals surface area contributed by atoms with E-state index >= 15 is 0 Å². The average molecular weight is 381 g/mol. The molecule has 4 atom stereocenters. The summed E-state index contributed by atoms with van der Waals surface area (Å²) in [5.41, 5.74) is 0.167. The summed E-state index contributed by atoms with van der Waals surface area (Å²) in [6.45, 7) is 17.8. The third-order valence-corrected chi connectivity index (χ3v) is 7.35. The van der Waals surface area contributed by atoms with Gasteiger partial charge in [0, 0.05) is 11.8 Å². The van der Waals surface area contributed by atoms with Gasteiger partial charge in [-0.15, -0.1) is 0 Å². The predicted molar refractivity (Wildman–Crippen MR) is 116 cm³/mol. The highest BCUT2D eigenvalue weighted by molar-refractivity contribution is 4.88. The van der Waals surface area contributed by atoms with Crippen LogP contribution >= 0.6 is 0 Å².